The molecule has 0 radical (unpaired) electrons. The van der Waals surface area contributed by atoms with E-state index in [-0.39, 0.29) is 18.1 Å². The van der Waals surface area contributed by atoms with Gasteiger partial charge in [0.15, 0.2) is 0 Å². The van der Waals surface area contributed by atoms with E-state index in [0.29, 0.717) is 0 Å². The molecule has 0 unspecified atom stereocenters. The van der Waals surface area contributed by atoms with Gasteiger partial charge >= 0.3 is 0 Å². The van der Waals surface area contributed by atoms with Crippen molar-refractivity contribution in [1.29, 1.82) is 0 Å². The van der Waals surface area contributed by atoms with Crippen LogP contribution in [-0.4, -0.2) is 18.1 Å². The lowest BCUT2D eigenvalue weighted by molar-refractivity contribution is -0.131. The lowest BCUT2D eigenvalue weighted by atomic mass is 10.2. The topological polar surface area (TPSA) is 20.3 Å². The van der Waals surface area contributed by atoms with Gasteiger partial charge in [0.25, 0.3) is 0 Å². The zero-order valence-corrected chi connectivity index (χ0v) is 6.35. The van der Waals surface area contributed by atoms with Crippen molar-refractivity contribution in [3.63, 3.8) is 0 Å². The summed E-state index contributed by atoms with van der Waals surface area (Å²) in [5.74, 6) is 0. The van der Waals surface area contributed by atoms with E-state index in [1.807, 2.05) is 0 Å². The van der Waals surface area contributed by atoms with Gasteiger partial charge in [-0.15, -0.1) is 0 Å². The zero-order valence-electron chi connectivity index (χ0n) is 6.35. The summed E-state index contributed by atoms with van der Waals surface area (Å²) in [6.45, 7) is 2.33. The molecule has 0 spiro atoms. The van der Waals surface area contributed by atoms with Gasteiger partial charge in [-0.25, -0.2) is 0 Å². The number of hydrogen-bond donors (Lipinski definition) is 0. The van der Waals surface area contributed by atoms with Crippen LogP contribution in [0, 0.1) is 0 Å². The summed E-state index contributed by atoms with van der Waals surface area (Å²) in [6, 6.07) is 0. The SMILES string of the molecule is CCCCCCN(F)C=O. The molecule has 0 atom stereocenters. The summed E-state index contributed by atoms with van der Waals surface area (Å²) in [6.07, 6.45) is 4.24. The van der Waals surface area contributed by atoms with E-state index >= 15 is 0 Å². The second kappa shape index (κ2) is 6.52. The van der Waals surface area contributed by atoms with Crippen molar-refractivity contribution in [3.05, 3.63) is 0 Å². The van der Waals surface area contributed by atoms with Gasteiger partial charge in [-0.1, -0.05) is 30.7 Å². The van der Waals surface area contributed by atoms with Gasteiger partial charge in [0, 0.05) is 0 Å². The van der Waals surface area contributed by atoms with Crippen molar-refractivity contribution in [3.8, 4) is 0 Å². The molecule has 10 heavy (non-hydrogen) atoms. The Balaban J connectivity index is 2.95. The maximum absolute atomic E-state index is 12.0. The Labute approximate surface area is 61.0 Å². The van der Waals surface area contributed by atoms with E-state index in [0.717, 1.165) is 25.7 Å². The number of unbranched alkanes of at least 4 members (excludes halogenated alkanes) is 3. The molecule has 0 aromatic rings. The molecule has 0 aliphatic carbocycles. The summed E-state index contributed by atoms with van der Waals surface area (Å²) in [5.41, 5.74) is 0. The maximum Gasteiger partial charge on any atom is 0.237 e. The zero-order chi connectivity index (χ0) is 7.82. The third-order valence-corrected chi connectivity index (χ3v) is 1.34. The minimum Gasteiger partial charge on any atom is -0.276 e. The molecular formula is C7H14FNO. The van der Waals surface area contributed by atoms with Crippen LogP contribution < -0.4 is 0 Å². The van der Waals surface area contributed by atoms with Crippen molar-refractivity contribution < 1.29 is 9.28 Å². The molecule has 0 aliphatic heterocycles. The van der Waals surface area contributed by atoms with Crippen molar-refractivity contribution in [1.82, 2.24) is 5.12 Å². The first-order valence-corrected chi connectivity index (χ1v) is 3.69. The quantitative estimate of drug-likeness (QED) is 0.319. The lowest BCUT2D eigenvalue weighted by Crippen LogP contribution is -2.11. The van der Waals surface area contributed by atoms with Gasteiger partial charge in [-0.3, -0.25) is 4.79 Å². The van der Waals surface area contributed by atoms with Gasteiger partial charge < -0.3 is 0 Å². The molecule has 0 saturated heterocycles. The first-order chi connectivity index (χ1) is 4.81. The number of amides is 1. The van der Waals surface area contributed by atoms with E-state index < -0.39 is 0 Å². The largest absolute Gasteiger partial charge is 0.276 e. The number of nitrogens with zero attached hydrogens (tertiary/aromatic N) is 1. The molecule has 60 valence electrons. The Hall–Kier alpha value is -0.600. The Morgan fingerprint density at radius 2 is 2.10 bits per heavy atom. The van der Waals surface area contributed by atoms with Crippen molar-refractivity contribution in [2.24, 2.45) is 0 Å². The molecule has 0 N–H and O–H groups in total. The average Bonchev–Trinajstić information content (AvgIpc) is 1.98. The van der Waals surface area contributed by atoms with Gasteiger partial charge in [0.2, 0.25) is 6.41 Å². The monoisotopic (exact) mass is 147 g/mol. The predicted molar refractivity (Wildman–Crippen MR) is 38.0 cm³/mol. The molecule has 0 aromatic carbocycles. The Morgan fingerprint density at radius 1 is 1.40 bits per heavy atom. The van der Waals surface area contributed by atoms with Crippen molar-refractivity contribution in [2.45, 2.75) is 32.6 Å². The third kappa shape index (κ3) is 5.54. The highest BCUT2D eigenvalue weighted by molar-refractivity contribution is 5.44. The molecule has 0 rings (SSSR count). The van der Waals surface area contributed by atoms with E-state index in [1.165, 1.54) is 0 Å². The van der Waals surface area contributed by atoms with E-state index in [2.05, 4.69) is 6.92 Å². The molecule has 2 nitrogen and oxygen atoms in total. The number of carbonyl (C=O) groups is 1. The smallest absolute Gasteiger partial charge is 0.237 e. The molecular weight excluding hydrogens is 133 g/mol. The number of halogens is 1. The van der Waals surface area contributed by atoms with Crippen LogP contribution in [0.3, 0.4) is 0 Å². The summed E-state index contributed by atoms with van der Waals surface area (Å²) < 4.78 is 12.0. The highest BCUT2D eigenvalue weighted by atomic mass is 19.2. The first-order valence-electron chi connectivity index (χ1n) is 3.69. The van der Waals surface area contributed by atoms with Crippen LogP contribution in [0.25, 0.3) is 0 Å². The summed E-state index contributed by atoms with van der Waals surface area (Å²) in [5, 5.41) is 0.190. The fourth-order valence-electron chi connectivity index (χ4n) is 0.742. The first kappa shape index (κ1) is 9.40. The predicted octanol–water partition coefficient (Wildman–Crippen LogP) is 1.91. The third-order valence-electron chi connectivity index (χ3n) is 1.34. The van der Waals surface area contributed by atoms with Gasteiger partial charge in [0.1, 0.15) is 0 Å². The fourth-order valence-corrected chi connectivity index (χ4v) is 0.742. The maximum atomic E-state index is 12.0. The molecule has 0 aliphatic rings. The normalized spacial score (nSPS) is 9.40. The van der Waals surface area contributed by atoms with E-state index in [1.54, 1.807) is 0 Å². The van der Waals surface area contributed by atoms with E-state index in [4.69, 9.17) is 0 Å². The van der Waals surface area contributed by atoms with Crippen LogP contribution in [0.5, 0.6) is 0 Å². The highest BCUT2D eigenvalue weighted by Gasteiger charge is 1.95. The Bertz CT molecular complexity index is 87.7. The molecule has 0 bridgehead atoms. The molecule has 0 fully saturated rings. The summed E-state index contributed by atoms with van der Waals surface area (Å²) in [7, 11) is 0. The van der Waals surface area contributed by atoms with Crippen LogP contribution in [0.15, 0.2) is 0 Å². The van der Waals surface area contributed by atoms with Crippen LogP contribution >= 0.6 is 0 Å². The highest BCUT2D eigenvalue weighted by Crippen LogP contribution is 1.99. The average molecular weight is 147 g/mol. The summed E-state index contributed by atoms with van der Waals surface area (Å²) in [4.78, 5) is 9.72. The molecule has 0 aromatic heterocycles. The number of carbonyl (C=O) groups excluding carboxylic acids is 1. The minimum atomic E-state index is 0.190. The molecule has 1 amide bonds. The Kier molecular flexibility index (Phi) is 6.13. The van der Waals surface area contributed by atoms with Crippen molar-refractivity contribution in [2.75, 3.05) is 6.54 Å². The molecule has 0 heterocycles. The Morgan fingerprint density at radius 3 is 2.60 bits per heavy atom. The molecule has 0 saturated carbocycles. The number of hydrogen-bond acceptors (Lipinski definition) is 1. The number of rotatable bonds is 6. The van der Waals surface area contributed by atoms with Crippen LogP contribution in [0.1, 0.15) is 32.6 Å². The van der Waals surface area contributed by atoms with Crippen molar-refractivity contribution >= 4 is 6.41 Å². The van der Waals surface area contributed by atoms with Crippen LogP contribution in [0.2, 0.25) is 0 Å². The summed E-state index contributed by atoms with van der Waals surface area (Å²) >= 11 is 0. The fraction of sp³-hybridized carbons (Fsp3) is 0.857. The van der Waals surface area contributed by atoms with Gasteiger partial charge in [0.05, 0.1) is 6.54 Å². The van der Waals surface area contributed by atoms with Gasteiger partial charge in [-0.2, -0.15) is 5.12 Å². The van der Waals surface area contributed by atoms with E-state index in [9.17, 15) is 9.28 Å². The van der Waals surface area contributed by atoms with Gasteiger partial charge in [-0.05, 0) is 6.42 Å². The molecule has 3 heteroatoms. The lowest BCUT2D eigenvalue weighted by Gasteiger charge is -2.03. The second-order valence-electron chi connectivity index (χ2n) is 2.29. The van der Waals surface area contributed by atoms with Crippen LogP contribution in [-0.2, 0) is 4.79 Å². The minimum absolute atomic E-state index is 0.190. The standard InChI is InChI=1S/C7H14FNO/c1-2-3-4-5-6-9(8)7-10/h7H,2-6H2,1H3. The van der Waals surface area contributed by atoms with Crippen LogP contribution in [0.4, 0.5) is 4.48 Å². The second-order valence-corrected chi connectivity index (χ2v) is 2.29.